The van der Waals surface area contributed by atoms with E-state index in [1.807, 2.05) is 13.0 Å². The number of nitro groups is 1. The number of rotatable bonds is 8. The van der Waals surface area contributed by atoms with Crippen LogP contribution in [0.5, 0.6) is 0 Å². The first kappa shape index (κ1) is 16.0. The molecule has 0 aromatic carbocycles. The summed E-state index contributed by atoms with van der Waals surface area (Å²) >= 11 is 0.853. The SMILES string of the molecule is CCCCCC(=O)N(CCC#N)c1ncc([N+](=O)[O-])s1. The molecular weight excluding hydrogens is 280 g/mol. The molecule has 0 N–H and O–H groups in total. The molecule has 0 aliphatic rings. The molecule has 0 bridgehead atoms. The average Bonchev–Trinajstić information content (AvgIpc) is 2.89. The van der Waals surface area contributed by atoms with Gasteiger partial charge in [0.2, 0.25) is 5.91 Å². The fourth-order valence-electron chi connectivity index (χ4n) is 1.62. The summed E-state index contributed by atoms with van der Waals surface area (Å²) in [5.74, 6) is -0.141. The summed E-state index contributed by atoms with van der Waals surface area (Å²) in [5, 5.41) is 19.5. The van der Waals surface area contributed by atoms with Crippen molar-refractivity contribution in [1.82, 2.24) is 4.98 Å². The first-order chi connectivity index (χ1) is 9.60. The lowest BCUT2D eigenvalue weighted by Gasteiger charge is -2.18. The monoisotopic (exact) mass is 296 g/mol. The zero-order valence-corrected chi connectivity index (χ0v) is 12.1. The smallest absolute Gasteiger partial charge is 0.287 e. The third-order valence-electron chi connectivity index (χ3n) is 2.63. The van der Waals surface area contributed by atoms with Crippen molar-refractivity contribution in [2.45, 2.75) is 39.0 Å². The third kappa shape index (κ3) is 4.59. The zero-order chi connectivity index (χ0) is 15.0. The molecule has 0 saturated heterocycles. The van der Waals surface area contributed by atoms with Crippen LogP contribution in [0.4, 0.5) is 10.1 Å². The van der Waals surface area contributed by atoms with Crippen molar-refractivity contribution in [3.05, 3.63) is 16.3 Å². The normalized spacial score (nSPS) is 10.0. The second-order valence-corrected chi connectivity index (χ2v) is 5.14. The minimum absolute atomic E-state index is 0.108. The predicted octanol–water partition coefficient (Wildman–Crippen LogP) is 2.88. The summed E-state index contributed by atoms with van der Waals surface area (Å²) in [4.78, 5) is 27.5. The molecule has 20 heavy (non-hydrogen) atoms. The van der Waals surface area contributed by atoms with Crippen molar-refractivity contribution in [3.8, 4) is 6.07 Å². The largest absolute Gasteiger partial charge is 0.345 e. The van der Waals surface area contributed by atoms with E-state index in [-0.39, 0.29) is 29.0 Å². The molecule has 7 nitrogen and oxygen atoms in total. The zero-order valence-electron chi connectivity index (χ0n) is 11.2. The van der Waals surface area contributed by atoms with Crippen molar-refractivity contribution in [3.63, 3.8) is 0 Å². The summed E-state index contributed by atoms with van der Waals surface area (Å²) < 4.78 is 0. The van der Waals surface area contributed by atoms with Gasteiger partial charge in [-0.3, -0.25) is 19.8 Å². The highest BCUT2D eigenvalue weighted by Crippen LogP contribution is 2.29. The van der Waals surface area contributed by atoms with E-state index in [0.717, 1.165) is 36.8 Å². The van der Waals surface area contributed by atoms with Gasteiger partial charge in [0, 0.05) is 13.0 Å². The van der Waals surface area contributed by atoms with Crippen LogP contribution in [0.2, 0.25) is 0 Å². The van der Waals surface area contributed by atoms with Gasteiger partial charge >= 0.3 is 5.00 Å². The van der Waals surface area contributed by atoms with Crippen molar-refractivity contribution in [1.29, 1.82) is 5.26 Å². The van der Waals surface area contributed by atoms with Crippen LogP contribution in [0.1, 0.15) is 39.0 Å². The fourth-order valence-corrected chi connectivity index (χ4v) is 2.39. The first-order valence-corrected chi connectivity index (χ1v) is 7.19. The Labute approximate surface area is 121 Å². The van der Waals surface area contributed by atoms with Gasteiger partial charge < -0.3 is 0 Å². The van der Waals surface area contributed by atoms with Gasteiger partial charge in [-0.25, -0.2) is 4.98 Å². The van der Waals surface area contributed by atoms with E-state index in [2.05, 4.69) is 4.98 Å². The summed E-state index contributed by atoms with van der Waals surface area (Å²) in [7, 11) is 0. The fraction of sp³-hybridized carbons (Fsp3) is 0.583. The average molecular weight is 296 g/mol. The number of hydrogen-bond donors (Lipinski definition) is 0. The lowest BCUT2D eigenvalue weighted by Crippen LogP contribution is -2.31. The molecule has 1 aromatic rings. The van der Waals surface area contributed by atoms with Crippen LogP contribution in [-0.4, -0.2) is 22.4 Å². The third-order valence-corrected chi connectivity index (χ3v) is 3.61. The van der Waals surface area contributed by atoms with Crippen LogP contribution >= 0.6 is 11.3 Å². The van der Waals surface area contributed by atoms with Gasteiger partial charge in [-0.1, -0.05) is 19.8 Å². The van der Waals surface area contributed by atoms with Gasteiger partial charge in [-0.15, -0.1) is 0 Å². The molecule has 0 aliphatic heterocycles. The number of hydrogen-bond acceptors (Lipinski definition) is 6. The second kappa shape index (κ2) is 8.22. The highest BCUT2D eigenvalue weighted by molar-refractivity contribution is 7.18. The van der Waals surface area contributed by atoms with Gasteiger partial charge in [0.1, 0.15) is 6.20 Å². The number of amides is 1. The molecule has 0 spiro atoms. The lowest BCUT2D eigenvalue weighted by molar-refractivity contribution is -0.380. The summed E-state index contributed by atoms with van der Waals surface area (Å²) in [6, 6.07) is 1.97. The van der Waals surface area contributed by atoms with Crippen LogP contribution in [0.25, 0.3) is 0 Å². The number of nitrogens with zero attached hydrogens (tertiary/aromatic N) is 4. The van der Waals surface area contributed by atoms with Crippen LogP contribution in [0.3, 0.4) is 0 Å². The lowest BCUT2D eigenvalue weighted by atomic mass is 10.2. The summed E-state index contributed by atoms with van der Waals surface area (Å²) in [6.45, 7) is 2.26. The number of thiazole rings is 1. The molecule has 0 saturated carbocycles. The molecule has 0 aliphatic carbocycles. The first-order valence-electron chi connectivity index (χ1n) is 6.37. The van der Waals surface area contributed by atoms with Crippen LogP contribution in [0.15, 0.2) is 6.20 Å². The summed E-state index contributed by atoms with van der Waals surface area (Å²) in [6.07, 6.45) is 4.41. The maximum atomic E-state index is 12.1. The van der Waals surface area contributed by atoms with E-state index in [4.69, 9.17) is 5.26 Å². The Hall–Kier alpha value is -2.01. The maximum absolute atomic E-state index is 12.1. The van der Waals surface area contributed by atoms with E-state index in [0.29, 0.717) is 6.42 Å². The van der Waals surface area contributed by atoms with Crippen LogP contribution < -0.4 is 4.90 Å². The topological polar surface area (TPSA) is 100 Å². The Morgan fingerprint density at radius 3 is 2.90 bits per heavy atom. The van der Waals surface area contributed by atoms with E-state index >= 15 is 0 Å². The quantitative estimate of drug-likeness (QED) is 0.417. The van der Waals surface area contributed by atoms with Crippen LogP contribution in [0, 0.1) is 21.4 Å². The van der Waals surface area contributed by atoms with E-state index in [1.165, 1.54) is 4.90 Å². The van der Waals surface area contributed by atoms with Gasteiger partial charge in [0.25, 0.3) is 0 Å². The Bertz CT molecular complexity index is 509. The molecule has 8 heteroatoms. The maximum Gasteiger partial charge on any atom is 0.345 e. The van der Waals surface area contributed by atoms with Crippen LogP contribution in [-0.2, 0) is 4.79 Å². The molecule has 108 valence electrons. The number of carbonyl (C=O) groups is 1. The van der Waals surface area contributed by atoms with Crippen molar-refractivity contribution >= 4 is 27.4 Å². The Balaban J connectivity index is 2.79. The van der Waals surface area contributed by atoms with Crippen molar-refractivity contribution < 1.29 is 9.72 Å². The highest BCUT2D eigenvalue weighted by Gasteiger charge is 2.21. The number of nitriles is 1. The van der Waals surface area contributed by atoms with Gasteiger partial charge in [-0.05, 0) is 17.8 Å². The Morgan fingerprint density at radius 2 is 2.35 bits per heavy atom. The standard InChI is InChI=1S/C12H16N4O3S/c1-2-3-4-6-10(17)15(8-5-7-13)12-14-9-11(20-12)16(18)19/h9H,2-6,8H2,1H3. The van der Waals surface area contributed by atoms with E-state index in [9.17, 15) is 14.9 Å². The molecule has 1 aromatic heterocycles. The molecule has 0 atom stereocenters. The minimum atomic E-state index is -0.537. The van der Waals surface area contributed by atoms with E-state index < -0.39 is 4.92 Å². The molecule has 0 radical (unpaired) electrons. The number of aromatic nitrogens is 1. The summed E-state index contributed by atoms with van der Waals surface area (Å²) in [5.41, 5.74) is 0. The molecule has 0 unspecified atom stereocenters. The number of unbranched alkanes of at least 4 members (excludes halogenated alkanes) is 2. The Morgan fingerprint density at radius 1 is 1.60 bits per heavy atom. The molecule has 1 heterocycles. The molecule has 1 amide bonds. The minimum Gasteiger partial charge on any atom is -0.287 e. The van der Waals surface area contributed by atoms with Gasteiger partial charge in [-0.2, -0.15) is 5.26 Å². The highest BCUT2D eigenvalue weighted by atomic mass is 32.1. The van der Waals surface area contributed by atoms with Gasteiger partial charge in [0.15, 0.2) is 5.13 Å². The second-order valence-electron chi connectivity index (χ2n) is 4.15. The number of anilines is 1. The van der Waals surface area contributed by atoms with Gasteiger partial charge in [0.05, 0.1) is 17.4 Å². The van der Waals surface area contributed by atoms with Crippen molar-refractivity contribution in [2.24, 2.45) is 0 Å². The molecule has 1 rings (SSSR count). The van der Waals surface area contributed by atoms with E-state index in [1.54, 1.807) is 0 Å². The number of carbonyl (C=O) groups excluding carboxylic acids is 1. The predicted molar refractivity (Wildman–Crippen MR) is 75.5 cm³/mol. The van der Waals surface area contributed by atoms with Crippen molar-refractivity contribution in [2.75, 3.05) is 11.4 Å². The molecular formula is C12H16N4O3S. The Kier molecular flexibility index (Phi) is 6.59. The molecule has 0 fully saturated rings.